The summed E-state index contributed by atoms with van der Waals surface area (Å²) in [5.41, 5.74) is 11.1. The summed E-state index contributed by atoms with van der Waals surface area (Å²) in [5, 5.41) is 3.46. The third-order valence-corrected chi connectivity index (χ3v) is 6.98. The molecule has 4 aromatic heterocycles. The van der Waals surface area contributed by atoms with Gasteiger partial charge in [0.15, 0.2) is 11.5 Å². The molecule has 9 heteroatoms. The Morgan fingerprint density at radius 1 is 1.00 bits per heavy atom. The van der Waals surface area contributed by atoms with Gasteiger partial charge < -0.3 is 15.8 Å². The van der Waals surface area contributed by atoms with Gasteiger partial charge in [0, 0.05) is 17.8 Å². The number of nitrogens with one attached hydrogen (secondary N) is 1. The number of pyridine rings is 3. The van der Waals surface area contributed by atoms with Crippen molar-refractivity contribution in [3.63, 3.8) is 0 Å². The summed E-state index contributed by atoms with van der Waals surface area (Å²) in [5.74, 6) is 1.57. The number of fused-ring (bicyclic) bond motifs is 1. The highest BCUT2D eigenvalue weighted by Crippen LogP contribution is 2.32. The zero-order valence-electron chi connectivity index (χ0n) is 20.9. The van der Waals surface area contributed by atoms with Crippen LogP contribution < -0.4 is 11.1 Å². The highest BCUT2D eigenvalue weighted by molar-refractivity contribution is 5.84. The number of carbonyl (C=O) groups is 1. The predicted octanol–water partition coefficient (Wildman–Crippen LogP) is 4.88. The normalized spacial score (nSPS) is 17.0. The van der Waals surface area contributed by atoms with Crippen LogP contribution in [0.5, 0.6) is 0 Å². The predicted molar refractivity (Wildman–Crippen MR) is 147 cm³/mol. The standard InChI is InChI=1S/C29H27N7O2/c1-38-29(37)19-9-10-20(16-19)33-25-14-11-21(17-32-25)36-27(22-8-5-15-31-26(22)30)35-24-13-12-23(34-28(24)36)18-6-3-2-4-7-18/h2-8,11-15,17,19-20H,9-10,16H2,1H3,(H2,30,31)(H,32,33). The molecule has 6 rings (SSSR count). The summed E-state index contributed by atoms with van der Waals surface area (Å²) >= 11 is 0. The average molecular weight is 506 g/mol. The van der Waals surface area contributed by atoms with Gasteiger partial charge in [-0.15, -0.1) is 0 Å². The molecule has 0 bridgehead atoms. The van der Waals surface area contributed by atoms with Crippen LogP contribution in [0.1, 0.15) is 19.3 Å². The molecule has 2 unspecified atom stereocenters. The van der Waals surface area contributed by atoms with E-state index in [2.05, 4.69) is 15.3 Å². The third kappa shape index (κ3) is 4.43. The Kier molecular flexibility index (Phi) is 6.17. The summed E-state index contributed by atoms with van der Waals surface area (Å²) < 4.78 is 6.87. The molecule has 1 aliphatic rings. The number of aromatic nitrogens is 5. The second-order valence-corrected chi connectivity index (χ2v) is 9.39. The van der Waals surface area contributed by atoms with Crippen LogP contribution in [-0.4, -0.2) is 43.6 Å². The number of anilines is 2. The second kappa shape index (κ2) is 9.93. The van der Waals surface area contributed by atoms with Gasteiger partial charge in [0.1, 0.15) is 17.2 Å². The highest BCUT2D eigenvalue weighted by Gasteiger charge is 2.30. The lowest BCUT2D eigenvalue weighted by Gasteiger charge is -2.15. The van der Waals surface area contributed by atoms with E-state index in [1.165, 1.54) is 7.11 Å². The molecule has 0 amide bonds. The van der Waals surface area contributed by atoms with Crippen LogP contribution in [0.2, 0.25) is 0 Å². The van der Waals surface area contributed by atoms with E-state index < -0.39 is 0 Å². The fraction of sp³-hybridized carbons (Fsp3) is 0.207. The van der Waals surface area contributed by atoms with Crippen LogP contribution in [0, 0.1) is 5.92 Å². The van der Waals surface area contributed by atoms with Crippen LogP contribution in [0.15, 0.2) is 79.1 Å². The molecule has 2 atom stereocenters. The summed E-state index contributed by atoms with van der Waals surface area (Å²) in [7, 11) is 1.44. The Morgan fingerprint density at radius 3 is 2.63 bits per heavy atom. The lowest BCUT2D eigenvalue weighted by molar-refractivity contribution is -0.145. The number of hydrogen-bond donors (Lipinski definition) is 2. The number of benzene rings is 1. The van der Waals surface area contributed by atoms with E-state index in [4.69, 9.17) is 20.4 Å². The number of nitrogen functional groups attached to an aromatic ring is 1. The summed E-state index contributed by atoms with van der Waals surface area (Å²) in [6.07, 6.45) is 5.90. The second-order valence-electron chi connectivity index (χ2n) is 9.39. The van der Waals surface area contributed by atoms with E-state index >= 15 is 0 Å². The van der Waals surface area contributed by atoms with E-state index in [9.17, 15) is 4.79 Å². The first kappa shape index (κ1) is 23.6. The average Bonchev–Trinajstić information content (AvgIpc) is 3.58. The number of nitrogens with two attached hydrogens (primary N) is 1. The summed E-state index contributed by atoms with van der Waals surface area (Å²) in [4.78, 5) is 30.7. The SMILES string of the molecule is COC(=O)C1CCC(Nc2ccc(-n3c(-c4cccnc4N)nc4ccc(-c5ccccc5)nc43)cn2)C1. The smallest absolute Gasteiger partial charge is 0.308 e. The number of ether oxygens (including phenoxy) is 1. The van der Waals surface area contributed by atoms with Gasteiger partial charge in [-0.25, -0.2) is 19.9 Å². The van der Waals surface area contributed by atoms with E-state index in [1.54, 1.807) is 12.4 Å². The van der Waals surface area contributed by atoms with Crippen molar-refractivity contribution in [2.24, 2.45) is 5.92 Å². The minimum absolute atomic E-state index is 0.0635. The Hall–Kier alpha value is -4.79. The van der Waals surface area contributed by atoms with Crippen LogP contribution in [0.3, 0.4) is 0 Å². The first-order chi connectivity index (χ1) is 18.6. The van der Waals surface area contributed by atoms with Crippen molar-refractivity contribution in [3.8, 4) is 28.3 Å². The maximum Gasteiger partial charge on any atom is 0.308 e. The van der Waals surface area contributed by atoms with Gasteiger partial charge in [0.05, 0.1) is 36.2 Å². The van der Waals surface area contributed by atoms with Crippen molar-refractivity contribution in [3.05, 3.63) is 79.1 Å². The Bertz CT molecular complexity index is 1600. The number of esters is 1. The minimum atomic E-state index is -0.144. The number of nitrogens with zero attached hydrogens (tertiary/aromatic N) is 5. The molecule has 38 heavy (non-hydrogen) atoms. The number of rotatable bonds is 6. The minimum Gasteiger partial charge on any atom is -0.469 e. The van der Waals surface area contributed by atoms with Gasteiger partial charge in [0.25, 0.3) is 0 Å². The fourth-order valence-electron chi connectivity index (χ4n) is 5.06. The monoisotopic (exact) mass is 505 g/mol. The maximum atomic E-state index is 11.9. The number of methoxy groups -OCH3 is 1. The molecular formula is C29H27N7O2. The molecule has 4 heterocycles. The molecule has 0 saturated heterocycles. The first-order valence-electron chi connectivity index (χ1n) is 12.6. The van der Waals surface area contributed by atoms with Crippen LogP contribution in [-0.2, 0) is 9.53 Å². The molecule has 0 radical (unpaired) electrons. The van der Waals surface area contributed by atoms with Gasteiger partial charge in [0.2, 0.25) is 0 Å². The molecule has 1 aliphatic carbocycles. The Labute approximate surface area is 219 Å². The van der Waals surface area contributed by atoms with Gasteiger partial charge >= 0.3 is 5.97 Å². The highest BCUT2D eigenvalue weighted by atomic mass is 16.5. The van der Waals surface area contributed by atoms with Crippen LogP contribution in [0.4, 0.5) is 11.6 Å². The Balaban J connectivity index is 1.39. The molecular weight excluding hydrogens is 478 g/mol. The van der Waals surface area contributed by atoms with Crippen molar-refractivity contribution >= 4 is 28.8 Å². The van der Waals surface area contributed by atoms with Crippen LogP contribution >= 0.6 is 0 Å². The molecule has 1 aromatic carbocycles. The topological polar surface area (TPSA) is 121 Å². The molecule has 0 spiro atoms. The van der Waals surface area contributed by atoms with Gasteiger partial charge in [-0.1, -0.05) is 30.3 Å². The van der Waals surface area contributed by atoms with Crippen molar-refractivity contribution in [1.82, 2.24) is 24.5 Å². The summed E-state index contributed by atoms with van der Waals surface area (Å²) in [6.45, 7) is 0. The van der Waals surface area contributed by atoms with Crippen molar-refractivity contribution in [2.45, 2.75) is 25.3 Å². The first-order valence-corrected chi connectivity index (χ1v) is 12.6. The molecule has 1 fully saturated rings. The van der Waals surface area contributed by atoms with Gasteiger partial charge in [-0.3, -0.25) is 9.36 Å². The third-order valence-electron chi connectivity index (χ3n) is 6.98. The number of carbonyl (C=O) groups excluding carboxylic acids is 1. The molecule has 1 saturated carbocycles. The molecule has 0 aliphatic heterocycles. The quantitative estimate of drug-likeness (QED) is 0.313. The fourth-order valence-corrected chi connectivity index (χ4v) is 5.06. The molecule has 190 valence electrons. The largest absolute Gasteiger partial charge is 0.469 e. The van der Waals surface area contributed by atoms with Crippen molar-refractivity contribution in [2.75, 3.05) is 18.2 Å². The van der Waals surface area contributed by atoms with E-state index in [1.807, 2.05) is 71.3 Å². The zero-order chi connectivity index (χ0) is 26.1. The molecule has 3 N–H and O–H groups in total. The van der Waals surface area contributed by atoms with Crippen molar-refractivity contribution < 1.29 is 9.53 Å². The molecule has 5 aromatic rings. The van der Waals surface area contributed by atoms with Crippen LogP contribution in [0.25, 0.3) is 39.5 Å². The Morgan fingerprint density at radius 2 is 1.87 bits per heavy atom. The van der Waals surface area contributed by atoms with E-state index in [0.29, 0.717) is 22.9 Å². The van der Waals surface area contributed by atoms with Gasteiger partial charge in [-0.05, 0) is 55.7 Å². The number of hydrogen-bond acceptors (Lipinski definition) is 8. The summed E-state index contributed by atoms with van der Waals surface area (Å²) in [6, 6.07) is 21.8. The van der Waals surface area contributed by atoms with Crippen molar-refractivity contribution in [1.29, 1.82) is 0 Å². The lowest BCUT2D eigenvalue weighted by atomic mass is 10.1. The lowest BCUT2D eigenvalue weighted by Crippen LogP contribution is -2.19. The van der Waals surface area contributed by atoms with E-state index in [0.717, 1.165) is 47.5 Å². The maximum absolute atomic E-state index is 11.9. The molecule has 9 nitrogen and oxygen atoms in total. The van der Waals surface area contributed by atoms with Gasteiger partial charge in [-0.2, -0.15) is 0 Å². The number of imidazole rings is 1. The van der Waals surface area contributed by atoms with E-state index in [-0.39, 0.29) is 17.9 Å². The zero-order valence-corrected chi connectivity index (χ0v) is 20.9.